The monoisotopic (exact) mass is 330 g/mol. The maximum absolute atomic E-state index is 11.0. The van der Waals surface area contributed by atoms with E-state index in [-0.39, 0.29) is 5.92 Å². The average molecular weight is 330 g/mol. The fourth-order valence-corrected chi connectivity index (χ4v) is 3.20. The summed E-state index contributed by atoms with van der Waals surface area (Å²) in [6.07, 6.45) is 2.01. The van der Waals surface area contributed by atoms with Crippen molar-refractivity contribution in [2.45, 2.75) is 25.7 Å². The van der Waals surface area contributed by atoms with Crippen LogP contribution in [0.2, 0.25) is 0 Å². The number of carboxylic acids is 1. The van der Waals surface area contributed by atoms with Crippen LogP contribution in [0.1, 0.15) is 45.5 Å². The van der Waals surface area contributed by atoms with E-state index >= 15 is 0 Å². The van der Waals surface area contributed by atoms with Crippen molar-refractivity contribution in [3.8, 4) is 0 Å². The molecule has 0 radical (unpaired) electrons. The molecule has 1 atom stereocenters. The molecule has 2 heteroatoms. The van der Waals surface area contributed by atoms with E-state index in [0.717, 1.165) is 18.4 Å². The van der Waals surface area contributed by atoms with Gasteiger partial charge in [0.15, 0.2) is 0 Å². The van der Waals surface area contributed by atoms with Gasteiger partial charge < -0.3 is 5.11 Å². The number of aromatic carboxylic acids is 1. The maximum Gasteiger partial charge on any atom is 0.335 e. The van der Waals surface area contributed by atoms with Crippen LogP contribution in [0.5, 0.6) is 0 Å². The summed E-state index contributed by atoms with van der Waals surface area (Å²) in [6.45, 7) is 2.18. The minimum atomic E-state index is -0.887. The molecule has 0 heterocycles. The molecular formula is C23H22O2. The van der Waals surface area contributed by atoms with E-state index in [1.807, 2.05) is 18.2 Å². The van der Waals surface area contributed by atoms with Crippen molar-refractivity contribution in [3.63, 3.8) is 0 Å². The van der Waals surface area contributed by atoms with Crippen molar-refractivity contribution in [1.29, 1.82) is 0 Å². The summed E-state index contributed by atoms with van der Waals surface area (Å²) in [5.74, 6) is -0.655. The van der Waals surface area contributed by atoms with Crippen LogP contribution in [-0.4, -0.2) is 11.1 Å². The predicted octanol–water partition coefficient (Wildman–Crippen LogP) is 5.32. The van der Waals surface area contributed by atoms with Gasteiger partial charge in [-0.2, -0.15) is 0 Å². The second kappa shape index (κ2) is 7.80. The van der Waals surface area contributed by atoms with E-state index < -0.39 is 5.97 Å². The van der Waals surface area contributed by atoms with Crippen molar-refractivity contribution in [3.05, 3.63) is 107 Å². The van der Waals surface area contributed by atoms with Crippen LogP contribution in [0.4, 0.5) is 0 Å². The molecule has 25 heavy (non-hydrogen) atoms. The lowest BCUT2D eigenvalue weighted by Crippen LogP contribution is -2.03. The first-order valence-corrected chi connectivity index (χ1v) is 8.60. The molecule has 3 aromatic rings. The molecule has 0 bridgehead atoms. The van der Waals surface area contributed by atoms with Crippen LogP contribution >= 0.6 is 0 Å². The quantitative estimate of drug-likeness (QED) is 0.664. The Labute approximate surface area is 148 Å². The molecule has 1 unspecified atom stereocenters. The summed E-state index contributed by atoms with van der Waals surface area (Å²) >= 11 is 0. The lowest BCUT2D eigenvalue weighted by atomic mass is 9.87. The highest BCUT2D eigenvalue weighted by molar-refractivity contribution is 5.87. The molecule has 0 saturated heterocycles. The van der Waals surface area contributed by atoms with Gasteiger partial charge in [0.1, 0.15) is 0 Å². The van der Waals surface area contributed by atoms with Crippen LogP contribution in [0.3, 0.4) is 0 Å². The number of benzene rings is 3. The predicted molar refractivity (Wildman–Crippen MR) is 101 cm³/mol. The lowest BCUT2D eigenvalue weighted by Gasteiger charge is -2.17. The van der Waals surface area contributed by atoms with Gasteiger partial charge in [-0.25, -0.2) is 4.79 Å². The van der Waals surface area contributed by atoms with Gasteiger partial charge in [0.25, 0.3) is 0 Å². The Kier molecular flexibility index (Phi) is 5.30. The van der Waals surface area contributed by atoms with Gasteiger partial charge in [-0.1, -0.05) is 73.7 Å². The summed E-state index contributed by atoms with van der Waals surface area (Å²) in [6, 6.07) is 26.3. The molecule has 0 saturated carbocycles. The average Bonchev–Trinajstić information content (AvgIpc) is 2.67. The number of aryl methyl sites for hydroxylation is 2. The molecule has 0 amide bonds. The second-order valence-corrected chi connectivity index (χ2v) is 6.33. The molecule has 0 fully saturated rings. The zero-order valence-corrected chi connectivity index (χ0v) is 14.4. The van der Waals surface area contributed by atoms with Gasteiger partial charge in [-0.15, -0.1) is 0 Å². The molecule has 0 aliphatic heterocycles. The Hall–Kier alpha value is -2.87. The molecule has 3 aromatic carbocycles. The van der Waals surface area contributed by atoms with E-state index in [9.17, 15) is 4.79 Å². The first-order valence-electron chi connectivity index (χ1n) is 8.60. The van der Waals surface area contributed by atoms with Crippen LogP contribution in [0.15, 0.2) is 78.9 Å². The van der Waals surface area contributed by atoms with E-state index in [2.05, 4.69) is 55.5 Å². The number of carboxylic acid groups (broad SMARTS) is 1. The standard InChI is InChI=1S/C23H22O2/c1-17(19-13-15-21(16-14-19)23(24)25)22-10-6-5-9-20(22)12-11-18-7-3-2-4-8-18/h2-10,13-17H,11-12H2,1H3,(H,24,25). The number of hydrogen-bond acceptors (Lipinski definition) is 1. The van der Waals surface area contributed by atoms with Gasteiger partial charge >= 0.3 is 5.97 Å². The summed E-state index contributed by atoms with van der Waals surface area (Å²) in [5.41, 5.74) is 5.46. The zero-order chi connectivity index (χ0) is 17.6. The van der Waals surface area contributed by atoms with E-state index in [0.29, 0.717) is 5.56 Å². The normalized spacial score (nSPS) is 11.9. The summed E-state index contributed by atoms with van der Waals surface area (Å²) in [4.78, 5) is 11.0. The highest BCUT2D eigenvalue weighted by Crippen LogP contribution is 2.28. The smallest absolute Gasteiger partial charge is 0.335 e. The fraction of sp³-hybridized carbons (Fsp3) is 0.174. The maximum atomic E-state index is 11.0. The number of hydrogen-bond donors (Lipinski definition) is 1. The van der Waals surface area contributed by atoms with Crippen LogP contribution < -0.4 is 0 Å². The Balaban J connectivity index is 1.80. The van der Waals surface area contributed by atoms with Crippen molar-refractivity contribution in [2.75, 3.05) is 0 Å². The summed E-state index contributed by atoms with van der Waals surface area (Å²) in [7, 11) is 0. The SMILES string of the molecule is CC(c1ccc(C(=O)O)cc1)c1ccccc1CCc1ccccc1. The molecule has 0 aliphatic rings. The lowest BCUT2D eigenvalue weighted by molar-refractivity contribution is 0.0697. The zero-order valence-electron chi connectivity index (χ0n) is 14.4. The Morgan fingerprint density at radius 1 is 0.840 bits per heavy atom. The molecule has 0 aromatic heterocycles. The second-order valence-electron chi connectivity index (χ2n) is 6.33. The van der Waals surface area contributed by atoms with E-state index in [1.165, 1.54) is 16.7 Å². The number of rotatable bonds is 6. The molecular weight excluding hydrogens is 308 g/mol. The summed E-state index contributed by atoms with van der Waals surface area (Å²) < 4.78 is 0. The third-order valence-corrected chi connectivity index (χ3v) is 4.71. The third kappa shape index (κ3) is 4.16. The largest absolute Gasteiger partial charge is 0.478 e. The van der Waals surface area contributed by atoms with Gasteiger partial charge in [-0.05, 0) is 47.2 Å². The molecule has 126 valence electrons. The van der Waals surface area contributed by atoms with Crippen molar-refractivity contribution >= 4 is 5.97 Å². The van der Waals surface area contributed by atoms with Crippen LogP contribution in [-0.2, 0) is 12.8 Å². The van der Waals surface area contributed by atoms with E-state index in [1.54, 1.807) is 12.1 Å². The molecule has 1 N–H and O–H groups in total. The molecule has 0 spiro atoms. The van der Waals surface area contributed by atoms with Crippen molar-refractivity contribution in [2.24, 2.45) is 0 Å². The number of carbonyl (C=O) groups is 1. The van der Waals surface area contributed by atoms with Gasteiger partial charge in [0.05, 0.1) is 5.56 Å². The fourth-order valence-electron chi connectivity index (χ4n) is 3.20. The van der Waals surface area contributed by atoms with Crippen LogP contribution in [0.25, 0.3) is 0 Å². The van der Waals surface area contributed by atoms with Crippen LogP contribution in [0, 0.1) is 0 Å². The first-order chi connectivity index (χ1) is 12.1. The Morgan fingerprint density at radius 3 is 2.16 bits per heavy atom. The van der Waals surface area contributed by atoms with Gasteiger partial charge in [0.2, 0.25) is 0 Å². The minimum absolute atomic E-state index is 0.231. The highest BCUT2D eigenvalue weighted by Gasteiger charge is 2.13. The van der Waals surface area contributed by atoms with Gasteiger partial charge in [-0.3, -0.25) is 0 Å². The minimum Gasteiger partial charge on any atom is -0.478 e. The van der Waals surface area contributed by atoms with Crippen molar-refractivity contribution in [1.82, 2.24) is 0 Å². The Morgan fingerprint density at radius 2 is 1.48 bits per heavy atom. The third-order valence-electron chi connectivity index (χ3n) is 4.71. The van der Waals surface area contributed by atoms with Gasteiger partial charge in [0, 0.05) is 5.92 Å². The van der Waals surface area contributed by atoms with E-state index in [4.69, 9.17) is 5.11 Å². The Bertz CT molecular complexity index is 835. The topological polar surface area (TPSA) is 37.3 Å². The summed E-state index contributed by atoms with van der Waals surface area (Å²) in [5, 5.41) is 9.05. The first kappa shape index (κ1) is 17.0. The molecule has 3 rings (SSSR count). The molecule has 0 aliphatic carbocycles. The van der Waals surface area contributed by atoms with Crippen molar-refractivity contribution < 1.29 is 9.90 Å². The molecule has 2 nitrogen and oxygen atoms in total. The highest BCUT2D eigenvalue weighted by atomic mass is 16.4.